The molecule has 0 aliphatic carbocycles. The van der Waals surface area contributed by atoms with Crippen LogP contribution in [-0.4, -0.2) is 41.4 Å². The average molecular weight is 386 g/mol. The van der Waals surface area contributed by atoms with E-state index in [0.29, 0.717) is 23.4 Å². The Morgan fingerprint density at radius 1 is 1.00 bits per heavy atom. The van der Waals surface area contributed by atoms with Crippen LogP contribution in [0.25, 0.3) is 0 Å². The largest absolute Gasteiger partial charge is 0.462 e. The third kappa shape index (κ3) is 5.54. The van der Waals surface area contributed by atoms with Gasteiger partial charge in [0.25, 0.3) is 5.91 Å². The number of esters is 2. The number of hydrogen-bond donors (Lipinski definition) is 1. The van der Waals surface area contributed by atoms with E-state index in [9.17, 15) is 19.2 Å². The number of benzene rings is 1. The van der Waals surface area contributed by atoms with Gasteiger partial charge in [0, 0.05) is 24.5 Å². The molecule has 2 rings (SSSR count). The number of carbonyl (C=O) groups excluding carboxylic acids is 4. The molecule has 0 saturated heterocycles. The summed E-state index contributed by atoms with van der Waals surface area (Å²) in [7, 11) is 1.61. The van der Waals surface area contributed by atoms with Crippen molar-refractivity contribution in [3.05, 3.63) is 53.3 Å². The molecule has 1 aromatic heterocycles. The third-order valence-corrected chi connectivity index (χ3v) is 3.80. The molecule has 28 heavy (non-hydrogen) atoms. The van der Waals surface area contributed by atoms with E-state index in [1.807, 2.05) is 6.92 Å². The van der Waals surface area contributed by atoms with Gasteiger partial charge in [-0.1, -0.05) is 6.92 Å². The fourth-order valence-corrected chi connectivity index (χ4v) is 2.33. The lowest BCUT2D eigenvalue weighted by Gasteiger charge is -2.08. The van der Waals surface area contributed by atoms with Crippen molar-refractivity contribution in [1.82, 2.24) is 4.57 Å². The van der Waals surface area contributed by atoms with Crippen molar-refractivity contribution < 1.29 is 28.7 Å². The van der Waals surface area contributed by atoms with Gasteiger partial charge in [0.1, 0.15) is 5.69 Å². The molecule has 1 amide bonds. The Kier molecular flexibility index (Phi) is 7.08. The van der Waals surface area contributed by atoms with Crippen LogP contribution >= 0.6 is 0 Å². The van der Waals surface area contributed by atoms with E-state index < -0.39 is 24.5 Å². The van der Waals surface area contributed by atoms with E-state index in [0.717, 1.165) is 6.42 Å². The highest BCUT2D eigenvalue weighted by Crippen LogP contribution is 2.12. The van der Waals surface area contributed by atoms with Gasteiger partial charge in [-0.25, -0.2) is 9.59 Å². The second-order valence-corrected chi connectivity index (χ2v) is 6.12. The number of aromatic nitrogens is 1. The molecule has 8 heteroatoms. The van der Waals surface area contributed by atoms with Crippen LogP contribution in [0.15, 0.2) is 36.5 Å². The molecule has 1 N–H and O–H groups in total. The van der Waals surface area contributed by atoms with Gasteiger partial charge < -0.3 is 19.4 Å². The van der Waals surface area contributed by atoms with E-state index >= 15 is 0 Å². The molecule has 2 aromatic rings. The van der Waals surface area contributed by atoms with Crippen LogP contribution in [0.5, 0.6) is 0 Å². The number of hydrogen-bond acceptors (Lipinski definition) is 6. The van der Waals surface area contributed by atoms with Crippen molar-refractivity contribution in [2.24, 2.45) is 7.05 Å². The van der Waals surface area contributed by atoms with Gasteiger partial charge in [-0.05, 0) is 43.7 Å². The van der Waals surface area contributed by atoms with Crippen LogP contribution in [0, 0.1) is 0 Å². The number of nitrogens with zero attached hydrogens (tertiary/aromatic N) is 1. The molecule has 0 bridgehead atoms. The Labute approximate surface area is 162 Å². The fourth-order valence-electron chi connectivity index (χ4n) is 2.33. The van der Waals surface area contributed by atoms with Gasteiger partial charge in [0.2, 0.25) is 0 Å². The molecular formula is C20H22N2O6. The molecular weight excluding hydrogens is 364 g/mol. The van der Waals surface area contributed by atoms with Crippen LogP contribution in [0.2, 0.25) is 0 Å². The molecule has 0 radical (unpaired) electrons. The summed E-state index contributed by atoms with van der Waals surface area (Å²) in [6, 6.07) is 7.59. The van der Waals surface area contributed by atoms with Gasteiger partial charge >= 0.3 is 11.9 Å². The topological polar surface area (TPSA) is 104 Å². The summed E-state index contributed by atoms with van der Waals surface area (Å²) >= 11 is 0. The molecule has 0 saturated carbocycles. The monoisotopic (exact) mass is 386 g/mol. The second-order valence-electron chi connectivity index (χ2n) is 6.12. The minimum atomic E-state index is -0.709. The zero-order valence-electron chi connectivity index (χ0n) is 16.0. The maximum absolute atomic E-state index is 12.1. The van der Waals surface area contributed by atoms with Crippen molar-refractivity contribution in [1.29, 1.82) is 0 Å². The molecule has 0 atom stereocenters. The molecule has 1 aromatic carbocycles. The Bertz CT molecular complexity index is 883. The number of anilines is 1. The number of ketones is 1. The van der Waals surface area contributed by atoms with E-state index in [4.69, 9.17) is 9.47 Å². The van der Waals surface area contributed by atoms with Crippen LogP contribution < -0.4 is 5.32 Å². The Morgan fingerprint density at radius 2 is 1.68 bits per heavy atom. The van der Waals surface area contributed by atoms with E-state index in [-0.39, 0.29) is 11.5 Å². The molecule has 148 valence electrons. The number of Topliss-reactive ketones (excluding diaryl/α,β-unsaturated/α-hetero) is 1. The lowest BCUT2D eigenvalue weighted by Crippen LogP contribution is -2.21. The first-order valence-corrected chi connectivity index (χ1v) is 8.73. The lowest BCUT2D eigenvalue weighted by atomic mass is 10.2. The highest BCUT2D eigenvalue weighted by Gasteiger charge is 2.16. The smallest absolute Gasteiger partial charge is 0.355 e. The second kappa shape index (κ2) is 9.50. The van der Waals surface area contributed by atoms with Gasteiger partial charge in [0.15, 0.2) is 12.4 Å². The molecule has 0 fully saturated rings. The fraction of sp³-hybridized carbons (Fsp3) is 0.300. The van der Waals surface area contributed by atoms with Gasteiger partial charge in [0.05, 0.1) is 12.2 Å². The van der Waals surface area contributed by atoms with Crippen LogP contribution in [0.1, 0.15) is 51.5 Å². The highest BCUT2D eigenvalue weighted by atomic mass is 16.5. The van der Waals surface area contributed by atoms with Crippen LogP contribution in [-0.2, 0) is 21.3 Å². The average Bonchev–Trinajstić information content (AvgIpc) is 3.07. The standard InChI is InChI=1S/C20H22N2O6/c1-4-9-27-19(25)14-5-7-16(8-6-14)21-18(24)12-28-20(26)17-10-15(13(2)23)11-22(17)3/h5-8,10-11H,4,9,12H2,1-3H3,(H,21,24). The molecule has 8 nitrogen and oxygen atoms in total. The van der Waals surface area contributed by atoms with E-state index in [1.54, 1.807) is 19.2 Å². The maximum Gasteiger partial charge on any atom is 0.355 e. The summed E-state index contributed by atoms with van der Waals surface area (Å²) in [4.78, 5) is 47.1. The van der Waals surface area contributed by atoms with E-state index in [1.165, 1.54) is 35.9 Å². The zero-order valence-corrected chi connectivity index (χ0v) is 16.0. The van der Waals surface area contributed by atoms with Crippen molar-refractivity contribution in [2.75, 3.05) is 18.5 Å². The van der Waals surface area contributed by atoms with Gasteiger partial charge in [-0.2, -0.15) is 0 Å². The number of rotatable bonds is 8. The van der Waals surface area contributed by atoms with Crippen molar-refractivity contribution in [3.8, 4) is 0 Å². The quantitative estimate of drug-likeness (QED) is 0.552. The van der Waals surface area contributed by atoms with Gasteiger partial charge in [-0.3, -0.25) is 9.59 Å². The maximum atomic E-state index is 12.1. The summed E-state index contributed by atoms with van der Waals surface area (Å²) in [5.41, 5.74) is 1.39. The number of nitrogens with one attached hydrogen (secondary N) is 1. The summed E-state index contributed by atoms with van der Waals surface area (Å²) in [6.07, 6.45) is 2.25. The van der Waals surface area contributed by atoms with Crippen LogP contribution in [0.4, 0.5) is 5.69 Å². The summed E-state index contributed by atoms with van der Waals surface area (Å²) in [5, 5.41) is 2.57. The minimum absolute atomic E-state index is 0.172. The number of amides is 1. The van der Waals surface area contributed by atoms with Crippen molar-refractivity contribution in [3.63, 3.8) is 0 Å². The minimum Gasteiger partial charge on any atom is -0.462 e. The first-order chi connectivity index (χ1) is 13.3. The van der Waals surface area contributed by atoms with Crippen LogP contribution in [0.3, 0.4) is 0 Å². The van der Waals surface area contributed by atoms with Gasteiger partial charge in [-0.15, -0.1) is 0 Å². The first-order valence-electron chi connectivity index (χ1n) is 8.73. The Morgan fingerprint density at radius 3 is 2.25 bits per heavy atom. The summed E-state index contributed by atoms with van der Waals surface area (Å²) in [6.45, 7) is 3.16. The number of ether oxygens (including phenoxy) is 2. The first kappa shape index (κ1) is 20.9. The highest BCUT2D eigenvalue weighted by molar-refractivity contribution is 5.99. The molecule has 0 spiro atoms. The molecule has 0 aliphatic heterocycles. The number of aryl methyl sites for hydroxylation is 1. The normalized spacial score (nSPS) is 10.2. The lowest BCUT2D eigenvalue weighted by molar-refractivity contribution is -0.119. The summed E-state index contributed by atoms with van der Waals surface area (Å²) < 4.78 is 11.5. The van der Waals surface area contributed by atoms with Crippen molar-refractivity contribution >= 4 is 29.3 Å². The Balaban J connectivity index is 1.87. The summed E-state index contributed by atoms with van der Waals surface area (Å²) in [5.74, 6) is -1.84. The SMILES string of the molecule is CCCOC(=O)c1ccc(NC(=O)COC(=O)c2cc(C(C)=O)cn2C)cc1. The predicted octanol–water partition coefficient (Wildman–Crippen LogP) is 2.59. The molecule has 1 heterocycles. The third-order valence-electron chi connectivity index (χ3n) is 3.80. The zero-order chi connectivity index (χ0) is 20.7. The number of carbonyl (C=O) groups is 4. The molecule has 0 unspecified atom stereocenters. The van der Waals surface area contributed by atoms with E-state index in [2.05, 4.69) is 5.32 Å². The molecule has 0 aliphatic rings. The van der Waals surface area contributed by atoms with Crippen molar-refractivity contribution in [2.45, 2.75) is 20.3 Å². The Hall–Kier alpha value is -3.42. The predicted molar refractivity (Wildman–Crippen MR) is 101 cm³/mol.